The second kappa shape index (κ2) is 7.26. The van der Waals surface area contributed by atoms with Crippen LogP contribution in [0.4, 0.5) is 13.2 Å². The predicted octanol–water partition coefficient (Wildman–Crippen LogP) is 3.55. The molecule has 0 saturated carbocycles. The van der Waals surface area contributed by atoms with Crippen LogP contribution in [0.25, 0.3) is 0 Å². The van der Waals surface area contributed by atoms with Gasteiger partial charge >= 0.3 is 6.18 Å². The van der Waals surface area contributed by atoms with Crippen LogP contribution < -0.4 is 4.74 Å². The highest BCUT2D eigenvalue weighted by Gasteiger charge is 2.26. The van der Waals surface area contributed by atoms with Gasteiger partial charge in [-0.2, -0.15) is 13.2 Å². The topological polar surface area (TPSA) is 29.5 Å². The molecule has 0 heterocycles. The molecular weight excluding hydrogens is 245 g/mol. The molecule has 0 fully saturated rings. The highest BCUT2D eigenvalue weighted by atomic mass is 19.4. The lowest BCUT2D eigenvalue weighted by molar-refractivity contribution is -0.136. The molecule has 2 nitrogen and oxygen atoms in total. The van der Waals surface area contributed by atoms with Gasteiger partial charge in [0.05, 0.1) is 12.7 Å². The van der Waals surface area contributed by atoms with Crippen molar-refractivity contribution in [2.45, 2.75) is 38.0 Å². The molecule has 1 aromatic rings. The summed E-state index contributed by atoms with van der Waals surface area (Å²) >= 11 is 0. The van der Waals surface area contributed by atoms with Crippen LogP contribution in [0.5, 0.6) is 5.75 Å². The average Bonchev–Trinajstić information content (AvgIpc) is 2.28. The van der Waals surface area contributed by atoms with Crippen molar-refractivity contribution in [2.75, 3.05) is 6.61 Å². The Bertz CT molecular complexity index is 325. The third-order valence-electron chi connectivity index (χ3n) is 2.46. The number of hydrogen-bond donors (Lipinski definition) is 1. The largest absolute Gasteiger partial charge is 0.493 e. The van der Waals surface area contributed by atoms with Gasteiger partial charge in [0.2, 0.25) is 0 Å². The van der Waals surface area contributed by atoms with E-state index in [9.17, 15) is 18.3 Å². The summed E-state index contributed by atoms with van der Waals surface area (Å²) in [5.41, 5.74) is 0. The first kappa shape index (κ1) is 14.8. The molecular formula is C13H17F3O2. The highest BCUT2D eigenvalue weighted by molar-refractivity contribution is 5.20. The summed E-state index contributed by atoms with van der Waals surface area (Å²) in [6.45, 7) is 0.303. The molecule has 0 aliphatic rings. The Morgan fingerprint density at radius 3 is 2.39 bits per heavy atom. The van der Waals surface area contributed by atoms with Crippen molar-refractivity contribution in [2.24, 2.45) is 0 Å². The second-order valence-electron chi connectivity index (χ2n) is 4.11. The first-order valence-electron chi connectivity index (χ1n) is 5.90. The van der Waals surface area contributed by atoms with Crippen molar-refractivity contribution in [1.82, 2.24) is 0 Å². The smallest absolute Gasteiger partial charge is 0.389 e. The van der Waals surface area contributed by atoms with Crippen molar-refractivity contribution >= 4 is 0 Å². The van der Waals surface area contributed by atoms with E-state index < -0.39 is 18.7 Å². The lowest BCUT2D eigenvalue weighted by Crippen LogP contribution is -2.14. The Hall–Kier alpha value is -1.23. The summed E-state index contributed by atoms with van der Waals surface area (Å²) in [6, 6.07) is 9.09. The van der Waals surface area contributed by atoms with Crippen LogP contribution in [0.2, 0.25) is 0 Å². The van der Waals surface area contributed by atoms with E-state index in [0.29, 0.717) is 18.8 Å². The number of aliphatic hydroxyl groups excluding tert-OH is 1. The molecule has 0 saturated heterocycles. The fraction of sp³-hybridized carbons (Fsp3) is 0.538. The number of alkyl halides is 3. The minimum Gasteiger partial charge on any atom is -0.493 e. The van der Waals surface area contributed by atoms with Crippen molar-refractivity contribution < 1.29 is 23.0 Å². The fourth-order valence-corrected chi connectivity index (χ4v) is 1.51. The minimum atomic E-state index is -4.14. The molecule has 1 rings (SSSR count). The van der Waals surface area contributed by atoms with Crippen molar-refractivity contribution in [3.63, 3.8) is 0 Å². The van der Waals surface area contributed by atoms with Crippen LogP contribution in [-0.4, -0.2) is 24.0 Å². The van der Waals surface area contributed by atoms with Gasteiger partial charge in [-0.1, -0.05) is 18.2 Å². The summed E-state index contributed by atoms with van der Waals surface area (Å²) in [5, 5.41) is 9.48. The Kier molecular flexibility index (Phi) is 5.98. The maximum absolute atomic E-state index is 11.9. The summed E-state index contributed by atoms with van der Waals surface area (Å²) in [6.07, 6.45) is -5.28. The van der Waals surface area contributed by atoms with Crippen LogP contribution in [0, 0.1) is 0 Å². The number of halogens is 3. The van der Waals surface area contributed by atoms with Gasteiger partial charge < -0.3 is 9.84 Å². The Morgan fingerprint density at radius 2 is 1.78 bits per heavy atom. The molecule has 0 bridgehead atoms. The Balaban J connectivity index is 2.09. The number of hydrogen-bond acceptors (Lipinski definition) is 2. The van der Waals surface area contributed by atoms with Gasteiger partial charge in [-0.15, -0.1) is 0 Å². The summed E-state index contributed by atoms with van der Waals surface area (Å²) in [4.78, 5) is 0. The van der Waals surface area contributed by atoms with Gasteiger partial charge in [-0.05, 0) is 25.0 Å². The summed E-state index contributed by atoms with van der Waals surface area (Å²) in [5.74, 6) is 0.694. The number of para-hydroxylation sites is 1. The van der Waals surface area contributed by atoms with Crippen molar-refractivity contribution in [1.29, 1.82) is 0 Å². The molecule has 1 N–H and O–H groups in total. The third kappa shape index (κ3) is 7.17. The number of benzene rings is 1. The molecule has 1 aromatic carbocycles. The van der Waals surface area contributed by atoms with E-state index in [2.05, 4.69) is 0 Å². The summed E-state index contributed by atoms with van der Waals surface area (Å²) in [7, 11) is 0. The molecule has 0 aliphatic heterocycles. The molecule has 0 radical (unpaired) electrons. The van der Waals surface area contributed by atoms with E-state index in [1.54, 1.807) is 12.1 Å². The van der Waals surface area contributed by atoms with Gasteiger partial charge in [0.25, 0.3) is 0 Å². The molecule has 1 unspecified atom stereocenters. The first-order valence-corrected chi connectivity index (χ1v) is 5.90. The van der Waals surface area contributed by atoms with Crippen LogP contribution in [0.15, 0.2) is 30.3 Å². The highest BCUT2D eigenvalue weighted by Crippen LogP contribution is 2.23. The monoisotopic (exact) mass is 262 g/mol. The van der Waals surface area contributed by atoms with Gasteiger partial charge in [-0.25, -0.2) is 0 Å². The van der Waals surface area contributed by atoms with Gasteiger partial charge in [0.1, 0.15) is 5.75 Å². The van der Waals surface area contributed by atoms with E-state index >= 15 is 0 Å². The number of ether oxygens (including phenoxy) is 1. The first-order chi connectivity index (χ1) is 8.47. The molecule has 1 atom stereocenters. The zero-order valence-corrected chi connectivity index (χ0v) is 9.99. The molecule has 5 heteroatoms. The molecule has 0 spiro atoms. The Morgan fingerprint density at radius 1 is 1.11 bits per heavy atom. The third-order valence-corrected chi connectivity index (χ3v) is 2.46. The molecule has 18 heavy (non-hydrogen) atoms. The quantitative estimate of drug-likeness (QED) is 0.814. The van der Waals surface area contributed by atoms with Crippen LogP contribution in [-0.2, 0) is 0 Å². The van der Waals surface area contributed by atoms with Crippen LogP contribution in [0.3, 0.4) is 0 Å². The van der Waals surface area contributed by atoms with E-state index in [1.165, 1.54) is 0 Å². The van der Waals surface area contributed by atoms with Crippen LogP contribution >= 0.6 is 0 Å². The normalized spacial score (nSPS) is 13.3. The van der Waals surface area contributed by atoms with Gasteiger partial charge in [0.15, 0.2) is 0 Å². The maximum Gasteiger partial charge on any atom is 0.389 e. The molecule has 0 aromatic heterocycles. The fourth-order valence-electron chi connectivity index (χ4n) is 1.51. The lowest BCUT2D eigenvalue weighted by Gasteiger charge is -2.12. The SMILES string of the molecule is OC(CCCC(F)(F)F)CCOc1ccccc1. The zero-order chi connectivity index (χ0) is 13.4. The molecule has 102 valence electrons. The average molecular weight is 262 g/mol. The summed E-state index contributed by atoms with van der Waals surface area (Å²) < 4.78 is 41.0. The van der Waals surface area contributed by atoms with E-state index in [1.807, 2.05) is 18.2 Å². The zero-order valence-electron chi connectivity index (χ0n) is 9.99. The van der Waals surface area contributed by atoms with Crippen LogP contribution in [0.1, 0.15) is 25.7 Å². The standard InChI is InChI=1S/C13H17F3O2/c14-13(15,16)9-4-5-11(17)8-10-18-12-6-2-1-3-7-12/h1-3,6-7,11,17H,4-5,8-10H2. The van der Waals surface area contributed by atoms with Crippen molar-refractivity contribution in [3.8, 4) is 5.75 Å². The van der Waals surface area contributed by atoms with E-state index in [0.717, 1.165) is 0 Å². The van der Waals surface area contributed by atoms with Crippen molar-refractivity contribution in [3.05, 3.63) is 30.3 Å². The predicted molar refractivity (Wildman–Crippen MR) is 62.5 cm³/mol. The molecule has 0 amide bonds. The van der Waals surface area contributed by atoms with Gasteiger partial charge in [-0.3, -0.25) is 0 Å². The second-order valence-corrected chi connectivity index (χ2v) is 4.11. The Labute approximate surface area is 104 Å². The van der Waals surface area contributed by atoms with E-state index in [4.69, 9.17) is 4.74 Å². The number of aliphatic hydroxyl groups is 1. The number of rotatable bonds is 7. The minimum absolute atomic E-state index is 0.0456. The van der Waals surface area contributed by atoms with E-state index in [-0.39, 0.29) is 12.8 Å². The maximum atomic E-state index is 11.9. The lowest BCUT2D eigenvalue weighted by atomic mass is 10.1. The molecule has 0 aliphatic carbocycles. The van der Waals surface area contributed by atoms with Gasteiger partial charge in [0, 0.05) is 12.8 Å².